The van der Waals surface area contributed by atoms with Crippen LogP contribution in [0, 0.1) is 0 Å². The second-order valence-corrected chi connectivity index (χ2v) is 5.53. The van der Waals surface area contributed by atoms with Crippen molar-refractivity contribution in [2.75, 3.05) is 0 Å². The fourth-order valence-corrected chi connectivity index (χ4v) is 2.46. The van der Waals surface area contributed by atoms with Crippen molar-refractivity contribution in [1.29, 1.82) is 0 Å². The van der Waals surface area contributed by atoms with Gasteiger partial charge in [0.1, 0.15) is 0 Å². The van der Waals surface area contributed by atoms with Gasteiger partial charge in [0, 0.05) is 11.6 Å². The zero-order valence-electron chi connectivity index (χ0n) is 12.2. The summed E-state index contributed by atoms with van der Waals surface area (Å²) in [6.07, 6.45) is 1.84. The topological polar surface area (TPSA) is 29.1 Å². The molecule has 0 aliphatic rings. The molecule has 1 N–H and O–H groups in total. The molecule has 1 amide bonds. The molecule has 0 saturated heterocycles. The standard InChI is InChI=1S/C18H20ClNO/c1-2-6-17(15-7-4-3-5-8-15)18(21)20-13-14-9-11-16(19)12-10-14/h3-5,7-12,17H,2,6,13H2,1H3,(H,20,21). The number of hydrogen-bond acceptors (Lipinski definition) is 1. The molecule has 110 valence electrons. The van der Waals surface area contributed by atoms with Crippen molar-refractivity contribution >= 4 is 17.5 Å². The Bertz CT molecular complexity index is 566. The van der Waals surface area contributed by atoms with Crippen LogP contribution >= 0.6 is 11.6 Å². The number of rotatable bonds is 6. The number of hydrogen-bond donors (Lipinski definition) is 1. The molecular formula is C18H20ClNO. The lowest BCUT2D eigenvalue weighted by atomic mass is 9.93. The monoisotopic (exact) mass is 301 g/mol. The predicted molar refractivity (Wildman–Crippen MR) is 87.4 cm³/mol. The summed E-state index contributed by atoms with van der Waals surface area (Å²) in [7, 11) is 0. The average molecular weight is 302 g/mol. The van der Waals surface area contributed by atoms with Gasteiger partial charge >= 0.3 is 0 Å². The molecule has 3 heteroatoms. The number of carbonyl (C=O) groups is 1. The Hall–Kier alpha value is -1.80. The summed E-state index contributed by atoms with van der Waals surface area (Å²) in [6.45, 7) is 2.63. The van der Waals surface area contributed by atoms with Crippen LogP contribution in [0.3, 0.4) is 0 Å². The second-order valence-electron chi connectivity index (χ2n) is 5.10. The van der Waals surface area contributed by atoms with E-state index in [0.717, 1.165) is 24.0 Å². The van der Waals surface area contributed by atoms with Gasteiger partial charge in [0.05, 0.1) is 5.92 Å². The molecule has 0 spiro atoms. The van der Waals surface area contributed by atoms with Crippen LogP contribution in [0.4, 0.5) is 0 Å². The third-order valence-corrected chi connectivity index (χ3v) is 3.73. The molecule has 0 saturated carbocycles. The molecule has 0 aliphatic heterocycles. The Morgan fingerprint density at radius 3 is 2.38 bits per heavy atom. The molecule has 1 unspecified atom stereocenters. The first-order chi connectivity index (χ1) is 10.2. The Labute approximate surface area is 131 Å². The van der Waals surface area contributed by atoms with Gasteiger partial charge in [-0.05, 0) is 29.7 Å². The third kappa shape index (κ3) is 4.61. The highest BCUT2D eigenvalue weighted by Crippen LogP contribution is 2.21. The van der Waals surface area contributed by atoms with Gasteiger partial charge in [-0.25, -0.2) is 0 Å². The van der Waals surface area contributed by atoms with E-state index < -0.39 is 0 Å². The van der Waals surface area contributed by atoms with Crippen LogP contribution in [0.15, 0.2) is 54.6 Å². The highest BCUT2D eigenvalue weighted by Gasteiger charge is 2.18. The minimum Gasteiger partial charge on any atom is -0.351 e. The van der Waals surface area contributed by atoms with Crippen LogP contribution in [-0.4, -0.2) is 5.91 Å². The average Bonchev–Trinajstić information content (AvgIpc) is 2.52. The normalized spacial score (nSPS) is 11.9. The van der Waals surface area contributed by atoms with Crippen molar-refractivity contribution in [1.82, 2.24) is 5.32 Å². The Morgan fingerprint density at radius 2 is 1.76 bits per heavy atom. The highest BCUT2D eigenvalue weighted by atomic mass is 35.5. The van der Waals surface area contributed by atoms with E-state index in [1.165, 1.54) is 0 Å². The van der Waals surface area contributed by atoms with Crippen LogP contribution in [0.5, 0.6) is 0 Å². The quantitative estimate of drug-likeness (QED) is 0.834. The van der Waals surface area contributed by atoms with Gasteiger partial charge in [0.25, 0.3) is 0 Å². The van der Waals surface area contributed by atoms with Crippen LogP contribution in [0.2, 0.25) is 5.02 Å². The van der Waals surface area contributed by atoms with E-state index in [0.29, 0.717) is 11.6 Å². The number of nitrogens with one attached hydrogen (secondary N) is 1. The maximum atomic E-state index is 12.4. The minimum absolute atomic E-state index is 0.0801. The van der Waals surface area contributed by atoms with E-state index in [-0.39, 0.29) is 11.8 Å². The fraction of sp³-hybridized carbons (Fsp3) is 0.278. The largest absolute Gasteiger partial charge is 0.351 e. The number of benzene rings is 2. The fourth-order valence-electron chi connectivity index (χ4n) is 2.34. The highest BCUT2D eigenvalue weighted by molar-refractivity contribution is 6.30. The Balaban J connectivity index is 2.00. The minimum atomic E-state index is -0.0801. The van der Waals surface area contributed by atoms with E-state index in [2.05, 4.69) is 12.2 Å². The second kappa shape index (κ2) is 7.84. The maximum absolute atomic E-state index is 12.4. The summed E-state index contributed by atoms with van der Waals surface area (Å²) < 4.78 is 0. The molecule has 0 aliphatic carbocycles. The molecule has 0 fully saturated rings. The van der Waals surface area contributed by atoms with Crippen LogP contribution in [0.1, 0.15) is 36.8 Å². The summed E-state index contributed by atoms with van der Waals surface area (Å²) >= 11 is 5.86. The maximum Gasteiger partial charge on any atom is 0.227 e. The molecule has 0 heterocycles. The summed E-state index contributed by atoms with van der Waals surface area (Å²) in [5.74, 6) is 0.00139. The number of amides is 1. The molecule has 2 nitrogen and oxygen atoms in total. The van der Waals surface area contributed by atoms with E-state index in [1.807, 2.05) is 54.6 Å². The van der Waals surface area contributed by atoms with Gasteiger partial charge in [-0.2, -0.15) is 0 Å². The van der Waals surface area contributed by atoms with E-state index >= 15 is 0 Å². The molecule has 0 bridgehead atoms. The van der Waals surface area contributed by atoms with Crippen LogP contribution in [-0.2, 0) is 11.3 Å². The summed E-state index contributed by atoms with van der Waals surface area (Å²) in [5, 5.41) is 3.73. The predicted octanol–water partition coefficient (Wildman–Crippen LogP) is 4.54. The molecule has 0 aromatic heterocycles. The third-order valence-electron chi connectivity index (χ3n) is 3.48. The van der Waals surface area contributed by atoms with Crippen molar-refractivity contribution in [2.24, 2.45) is 0 Å². The first-order valence-electron chi connectivity index (χ1n) is 7.27. The van der Waals surface area contributed by atoms with Crippen molar-refractivity contribution in [2.45, 2.75) is 32.2 Å². The lowest BCUT2D eigenvalue weighted by Crippen LogP contribution is -2.29. The van der Waals surface area contributed by atoms with Crippen LogP contribution in [0.25, 0.3) is 0 Å². The van der Waals surface area contributed by atoms with E-state index in [4.69, 9.17) is 11.6 Å². The smallest absolute Gasteiger partial charge is 0.227 e. The molecule has 21 heavy (non-hydrogen) atoms. The lowest BCUT2D eigenvalue weighted by molar-refractivity contribution is -0.122. The lowest BCUT2D eigenvalue weighted by Gasteiger charge is -2.16. The summed E-state index contributed by atoms with van der Waals surface area (Å²) in [6, 6.07) is 17.5. The van der Waals surface area contributed by atoms with Gasteiger partial charge < -0.3 is 5.32 Å². The van der Waals surface area contributed by atoms with Crippen molar-refractivity contribution in [3.05, 3.63) is 70.7 Å². The first-order valence-corrected chi connectivity index (χ1v) is 7.65. The molecule has 2 aromatic carbocycles. The SMILES string of the molecule is CCCC(C(=O)NCc1ccc(Cl)cc1)c1ccccc1. The van der Waals surface area contributed by atoms with Crippen molar-refractivity contribution < 1.29 is 4.79 Å². The van der Waals surface area contributed by atoms with Gasteiger partial charge in [-0.1, -0.05) is 67.4 Å². The zero-order chi connectivity index (χ0) is 15.1. The first kappa shape index (κ1) is 15.6. The van der Waals surface area contributed by atoms with Gasteiger partial charge in [-0.3, -0.25) is 4.79 Å². The van der Waals surface area contributed by atoms with Gasteiger partial charge in [-0.15, -0.1) is 0 Å². The van der Waals surface area contributed by atoms with Crippen LogP contribution < -0.4 is 5.32 Å². The molecular weight excluding hydrogens is 282 g/mol. The zero-order valence-corrected chi connectivity index (χ0v) is 12.9. The summed E-state index contributed by atoms with van der Waals surface area (Å²) in [4.78, 5) is 12.4. The van der Waals surface area contributed by atoms with Crippen molar-refractivity contribution in [3.8, 4) is 0 Å². The molecule has 0 radical (unpaired) electrons. The number of carbonyl (C=O) groups excluding carboxylic acids is 1. The molecule has 1 atom stereocenters. The molecule has 2 aromatic rings. The van der Waals surface area contributed by atoms with E-state index in [9.17, 15) is 4.79 Å². The van der Waals surface area contributed by atoms with E-state index in [1.54, 1.807) is 0 Å². The Kier molecular flexibility index (Phi) is 5.82. The number of halogens is 1. The molecule has 2 rings (SSSR count). The van der Waals surface area contributed by atoms with Crippen molar-refractivity contribution in [3.63, 3.8) is 0 Å². The summed E-state index contributed by atoms with van der Waals surface area (Å²) in [5.41, 5.74) is 2.13. The van der Waals surface area contributed by atoms with Gasteiger partial charge in [0.15, 0.2) is 0 Å². The Morgan fingerprint density at radius 1 is 1.10 bits per heavy atom. The van der Waals surface area contributed by atoms with Gasteiger partial charge in [0.2, 0.25) is 5.91 Å².